The molecule has 0 fully saturated rings. The highest BCUT2D eigenvalue weighted by molar-refractivity contribution is 5.88. The summed E-state index contributed by atoms with van der Waals surface area (Å²) in [6.07, 6.45) is 0. The highest BCUT2D eigenvalue weighted by atomic mass is 16.4. The minimum Gasteiger partial charge on any atom is -0.478 e. The largest absolute Gasteiger partial charge is 0.478 e. The lowest BCUT2D eigenvalue weighted by Gasteiger charge is -1.99. The van der Waals surface area contributed by atoms with Gasteiger partial charge in [0.25, 0.3) is 0 Å². The zero-order valence-electron chi connectivity index (χ0n) is 8.69. The summed E-state index contributed by atoms with van der Waals surface area (Å²) < 4.78 is 0. The number of carboxylic acids is 1. The lowest BCUT2D eigenvalue weighted by Crippen LogP contribution is -1.95. The van der Waals surface area contributed by atoms with E-state index >= 15 is 0 Å². The highest BCUT2D eigenvalue weighted by Crippen LogP contribution is 2.22. The summed E-state index contributed by atoms with van der Waals surface area (Å²) >= 11 is 0. The Morgan fingerprint density at radius 1 is 1.38 bits per heavy atom. The van der Waals surface area contributed by atoms with Crippen molar-refractivity contribution < 1.29 is 9.90 Å². The van der Waals surface area contributed by atoms with Crippen LogP contribution in [0.2, 0.25) is 0 Å². The molecule has 0 aliphatic rings. The SMILES string of the molecule is Cc1[nH]c(N)nc1-c1ccc(C(=O)O)cc1. The van der Waals surface area contributed by atoms with Gasteiger partial charge in [-0.2, -0.15) is 0 Å². The molecular weight excluding hydrogens is 206 g/mol. The van der Waals surface area contributed by atoms with Crippen LogP contribution in [0.15, 0.2) is 24.3 Å². The minimum absolute atomic E-state index is 0.255. The third kappa shape index (κ3) is 1.75. The van der Waals surface area contributed by atoms with E-state index in [0.717, 1.165) is 17.0 Å². The zero-order chi connectivity index (χ0) is 11.7. The van der Waals surface area contributed by atoms with Gasteiger partial charge in [0.2, 0.25) is 0 Å². The Bertz CT molecular complexity index is 529. The monoisotopic (exact) mass is 217 g/mol. The van der Waals surface area contributed by atoms with E-state index in [1.54, 1.807) is 24.3 Å². The molecule has 5 heteroatoms. The Labute approximate surface area is 91.9 Å². The van der Waals surface area contributed by atoms with Crippen LogP contribution in [0, 0.1) is 6.92 Å². The molecule has 2 aromatic rings. The van der Waals surface area contributed by atoms with Gasteiger partial charge in [-0.25, -0.2) is 9.78 Å². The lowest BCUT2D eigenvalue weighted by molar-refractivity contribution is 0.0697. The van der Waals surface area contributed by atoms with E-state index in [2.05, 4.69) is 9.97 Å². The number of aromatic carboxylic acids is 1. The standard InChI is InChI=1S/C11H11N3O2/c1-6-9(14-11(12)13-6)7-2-4-8(5-3-7)10(15)16/h2-5H,1H3,(H,15,16)(H3,12,13,14). The first kappa shape index (κ1) is 10.2. The van der Waals surface area contributed by atoms with Crippen molar-refractivity contribution >= 4 is 11.9 Å². The molecule has 2 rings (SSSR count). The molecule has 16 heavy (non-hydrogen) atoms. The maximum Gasteiger partial charge on any atom is 0.335 e. The van der Waals surface area contributed by atoms with Gasteiger partial charge in [0, 0.05) is 11.3 Å². The van der Waals surface area contributed by atoms with Gasteiger partial charge in [-0.05, 0) is 19.1 Å². The number of hydrogen-bond donors (Lipinski definition) is 3. The number of aromatic amines is 1. The van der Waals surface area contributed by atoms with E-state index < -0.39 is 5.97 Å². The predicted octanol–water partition coefficient (Wildman–Crippen LogP) is 1.67. The normalized spacial score (nSPS) is 10.3. The number of anilines is 1. The molecule has 1 aromatic heterocycles. The molecule has 0 aliphatic carbocycles. The first-order valence-electron chi connectivity index (χ1n) is 4.73. The number of imidazole rings is 1. The van der Waals surface area contributed by atoms with Gasteiger partial charge in [0.1, 0.15) is 0 Å². The summed E-state index contributed by atoms with van der Waals surface area (Å²) in [4.78, 5) is 17.7. The van der Waals surface area contributed by atoms with Crippen LogP contribution in [-0.4, -0.2) is 21.0 Å². The average Bonchev–Trinajstić information content (AvgIpc) is 2.58. The van der Waals surface area contributed by atoms with Crippen molar-refractivity contribution in [2.45, 2.75) is 6.92 Å². The van der Waals surface area contributed by atoms with Crippen LogP contribution in [0.4, 0.5) is 5.95 Å². The van der Waals surface area contributed by atoms with E-state index in [4.69, 9.17) is 10.8 Å². The van der Waals surface area contributed by atoms with Crippen LogP contribution in [-0.2, 0) is 0 Å². The summed E-state index contributed by atoms with van der Waals surface area (Å²) in [6, 6.07) is 6.52. The van der Waals surface area contributed by atoms with Crippen LogP contribution in [0.5, 0.6) is 0 Å². The van der Waals surface area contributed by atoms with Crippen molar-refractivity contribution in [2.24, 2.45) is 0 Å². The summed E-state index contributed by atoms with van der Waals surface area (Å²) in [7, 11) is 0. The van der Waals surface area contributed by atoms with Crippen LogP contribution in [0.25, 0.3) is 11.3 Å². The van der Waals surface area contributed by atoms with Crippen LogP contribution in [0.1, 0.15) is 16.1 Å². The Kier molecular flexibility index (Phi) is 2.36. The van der Waals surface area contributed by atoms with Crippen molar-refractivity contribution in [3.63, 3.8) is 0 Å². The number of nitrogen functional groups attached to an aromatic ring is 1. The second-order valence-corrected chi connectivity index (χ2v) is 3.48. The van der Waals surface area contributed by atoms with Crippen molar-refractivity contribution in [1.29, 1.82) is 0 Å². The Morgan fingerprint density at radius 2 is 2.00 bits per heavy atom. The third-order valence-corrected chi connectivity index (χ3v) is 2.31. The quantitative estimate of drug-likeness (QED) is 0.713. The number of carbonyl (C=O) groups is 1. The van der Waals surface area contributed by atoms with Crippen molar-refractivity contribution in [3.8, 4) is 11.3 Å². The van der Waals surface area contributed by atoms with Crippen molar-refractivity contribution in [3.05, 3.63) is 35.5 Å². The van der Waals surface area contributed by atoms with Gasteiger partial charge < -0.3 is 15.8 Å². The first-order valence-corrected chi connectivity index (χ1v) is 4.73. The van der Waals surface area contributed by atoms with Gasteiger partial charge in [0.15, 0.2) is 5.95 Å². The van der Waals surface area contributed by atoms with E-state index in [1.165, 1.54) is 0 Å². The molecule has 0 saturated heterocycles. The summed E-state index contributed by atoms with van der Waals surface area (Å²) in [6.45, 7) is 1.86. The Morgan fingerprint density at radius 3 is 2.44 bits per heavy atom. The maximum absolute atomic E-state index is 10.7. The number of aryl methyl sites for hydroxylation is 1. The number of benzene rings is 1. The highest BCUT2D eigenvalue weighted by Gasteiger charge is 2.08. The number of aromatic nitrogens is 2. The molecule has 0 bridgehead atoms. The lowest BCUT2D eigenvalue weighted by atomic mass is 10.1. The van der Waals surface area contributed by atoms with Crippen LogP contribution < -0.4 is 5.73 Å². The van der Waals surface area contributed by atoms with Crippen molar-refractivity contribution in [1.82, 2.24) is 9.97 Å². The molecule has 4 N–H and O–H groups in total. The fourth-order valence-corrected chi connectivity index (χ4v) is 1.54. The second kappa shape index (κ2) is 3.69. The van der Waals surface area contributed by atoms with Gasteiger partial charge in [-0.3, -0.25) is 0 Å². The number of carboxylic acid groups (broad SMARTS) is 1. The number of nitrogens with zero attached hydrogens (tertiary/aromatic N) is 1. The number of nitrogens with one attached hydrogen (secondary N) is 1. The third-order valence-electron chi connectivity index (χ3n) is 2.31. The second-order valence-electron chi connectivity index (χ2n) is 3.48. The van der Waals surface area contributed by atoms with Gasteiger partial charge in [0.05, 0.1) is 11.3 Å². The molecule has 0 spiro atoms. The molecular formula is C11H11N3O2. The maximum atomic E-state index is 10.7. The number of nitrogens with two attached hydrogens (primary N) is 1. The number of hydrogen-bond acceptors (Lipinski definition) is 3. The van der Waals surface area contributed by atoms with E-state index in [-0.39, 0.29) is 5.56 Å². The first-order chi connectivity index (χ1) is 7.58. The zero-order valence-corrected chi connectivity index (χ0v) is 8.69. The molecule has 0 saturated carbocycles. The van der Waals surface area contributed by atoms with Crippen LogP contribution >= 0.6 is 0 Å². The topological polar surface area (TPSA) is 92.0 Å². The molecule has 1 heterocycles. The molecule has 0 amide bonds. The summed E-state index contributed by atoms with van der Waals surface area (Å²) in [5, 5.41) is 8.76. The fraction of sp³-hybridized carbons (Fsp3) is 0.0909. The molecule has 0 radical (unpaired) electrons. The summed E-state index contributed by atoms with van der Waals surface area (Å²) in [5.41, 5.74) is 8.24. The predicted molar refractivity (Wildman–Crippen MR) is 60.1 cm³/mol. The van der Waals surface area contributed by atoms with Crippen LogP contribution in [0.3, 0.4) is 0 Å². The molecule has 0 atom stereocenters. The van der Waals surface area contributed by atoms with Gasteiger partial charge >= 0.3 is 5.97 Å². The van der Waals surface area contributed by atoms with Gasteiger partial charge in [-0.15, -0.1) is 0 Å². The van der Waals surface area contributed by atoms with E-state index in [9.17, 15) is 4.79 Å². The van der Waals surface area contributed by atoms with Crippen molar-refractivity contribution in [2.75, 3.05) is 5.73 Å². The molecule has 0 aliphatic heterocycles. The number of H-pyrrole nitrogens is 1. The minimum atomic E-state index is -0.940. The van der Waals surface area contributed by atoms with E-state index in [1.807, 2.05) is 6.92 Å². The number of rotatable bonds is 2. The van der Waals surface area contributed by atoms with E-state index in [0.29, 0.717) is 5.95 Å². The summed E-state index contributed by atoms with van der Waals surface area (Å²) in [5.74, 6) is -0.584. The molecule has 82 valence electrons. The average molecular weight is 217 g/mol. The smallest absolute Gasteiger partial charge is 0.335 e. The Balaban J connectivity index is 2.42. The molecule has 5 nitrogen and oxygen atoms in total. The Hall–Kier alpha value is -2.30. The molecule has 0 unspecified atom stereocenters. The molecule has 1 aromatic carbocycles. The fourth-order valence-electron chi connectivity index (χ4n) is 1.54. The van der Waals surface area contributed by atoms with Gasteiger partial charge in [-0.1, -0.05) is 12.1 Å².